The maximum atomic E-state index is 12.5. The van der Waals surface area contributed by atoms with Crippen LogP contribution in [0.15, 0.2) is 30.3 Å². The summed E-state index contributed by atoms with van der Waals surface area (Å²) in [7, 11) is 0. The van der Waals surface area contributed by atoms with Crippen molar-refractivity contribution in [1.82, 2.24) is 15.1 Å². The molecule has 2 fully saturated rings. The molecule has 1 amide bonds. The van der Waals surface area contributed by atoms with Crippen LogP contribution in [0.1, 0.15) is 31.7 Å². The minimum Gasteiger partial charge on any atom is -0.337 e. The van der Waals surface area contributed by atoms with Crippen LogP contribution in [0.3, 0.4) is 0 Å². The lowest BCUT2D eigenvalue weighted by atomic mass is 10.0. The average Bonchev–Trinajstić information content (AvgIpc) is 3.07. The van der Waals surface area contributed by atoms with Gasteiger partial charge in [0.1, 0.15) is 0 Å². The van der Waals surface area contributed by atoms with Crippen LogP contribution >= 0.6 is 24.8 Å². The molecular weight excluding hydrogens is 357 g/mol. The van der Waals surface area contributed by atoms with Gasteiger partial charge >= 0.3 is 0 Å². The summed E-state index contributed by atoms with van der Waals surface area (Å²) in [4.78, 5) is 17.1. The number of halogens is 2. The average molecular weight is 388 g/mol. The fourth-order valence-corrected chi connectivity index (χ4v) is 3.82. The summed E-state index contributed by atoms with van der Waals surface area (Å²) >= 11 is 0. The van der Waals surface area contributed by atoms with E-state index in [0.717, 1.165) is 52.1 Å². The quantitative estimate of drug-likeness (QED) is 0.843. The van der Waals surface area contributed by atoms with E-state index in [1.807, 2.05) is 0 Å². The molecule has 0 radical (unpaired) electrons. The SMILES string of the molecule is C[C@@H]1CN(Cc2ccccc2)CCN1C(=O)CCC1CCNC1.Cl.Cl. The minimum absolute atomic E-state index is 0. The van der Waals surface area contributed by atoms with E-state index in [-0.39, 0.29) is 24.8 Å². The second-order valence-electron chi connectivity index (χ2n) is 7.05. The summed E-state index contributed by atoms with van der Waals surface area (Å²) < 4.78 is 0. The Morgan fingerprint density at radius 1 is 1.20 bits per heavy atom. The third kappa shape index (κ3) is 6.45. The molecule has 0 bridgehead atoms. The molecule has 4 nitrogen and oxygen atoms in total. The van der Waals surface area contributed by atoms with Crippen molar-refractivity contribution in [3.63, 3.8) is 0 Å². The van der Waals surface area contributed by atoms with E-state index in [1.54, 1.807) is 0 Å². The number of piperazine rings is 1. The number of benzene rings is 1. The van der Waals surface area contributed by atoms with Gasteiger partial charge < -0.3 is 10.2 Å². The largest absolute Gasteiger partial charge is 0.337 e. The fourth-order valence-electron chi connectivity index (χ4n) is 3.82. The van der Waals surface area contributed by atoms with E-state index in [4.69, 9.17) is 0 Å². The van der Waals surface area contributed by atoms with Gasteiger partial charge in [0.15, 0.2) is 0 Å². The number of hydrogen-bond acceptors (Lipinski definition) is 3. The van der Waals surface area contributed by atoms with Gasteiger partial charge in [-0.15, -0.1) is 24.8 Å². The lowest BCUT2D eigenvalue weighted by molar-refractivity contribution is -0.136. The monoisotopic (exact) mass is 387 g/mol. The number of carbonyl (C=O) groups is 1. The van der Waals surface area contributed by atoms with E-state index >= 15 is 0 Å². The molecular formula is C19H31Cl2N3O. The van der Waals surface area contributed by atoms with Gasteiger partial charge in [0.05, 0.1) is 0 Å². The number of hydrogen-bond donors (Lipinski definition) is 1. The molecule has 1 unspecified atom stereocenters. The highest BCUT2D eigenvalue weighted by Crippen LogP contribution is 2.18. The second kappa shape index (κ2) is 11.0. The smallest absolute Gasteiger partial charge is 0.222 e. The molecule has 142 valence electrons. The Morgan fingerprint density at radius 2 is 1.96 bits per heavy atom. The molecule has 2 saturated heterocycles. The lowest BCUT2D eigenvalue weighted by Crippen LogP contribution is -2.53. The Bertz CT molecular complexity index is 509. The summed E-state index contributed by atoms with van der Waals surface area (Å²) in [6, 6.07) is 10.9. The van der Waals surface area contributed by atoms with Crippen LogP contribution in [-0.2, 0) is 11.3 Å². The van der Waals surface area contributed by atoms with Gasteiger partial charge in [0, 0.05) is 38.6 Å². The summed E-state index contributed by atoms with van der Waals surface area (Å²) in [5.41, 5.74) is 1.35. The molecule has 25 heavy (non-hydrogen) atoms. The third-order valence-corrected chi connectivity index (χ3v) is 5.21. The first-order valence-electron chi connectivity index (χ1n) is 8.99. The summed E-state index contributed by atoms with van der Waals surface area (Å²) in [6.45, 7) is 8.21. The number of carbonyl (C=O) groups excluding carboxylic acids is 1. The number of nitrogens with zero attached hydrogens (tertiary/aromatic N) is 2. The minimum atomic E-state index is 0. The van der Waals surface area contributed by atoms with Gasteiger partial charge in [0.25, 0.3) is 0 Å². The van der Waals surface area contributed by atoms with Crippen molar-refractivity contribution in [3.05, 3.63) is 35.9 Å². The number of amides is 1. The predicted octanol–water partition coefficient (Wildman–Crippen LogP) is 2.95. The molecule has 2 aliphatic rings. The van der Waals surface area contributed by atoms with Gasteiger partial charge in [-0.2, -0.15) is 0 Å². The Morgan fingerprint density at radius 3 is 2.60 bits per heavy atom. The molecule has 1 aromatic rings. The van der Waals surface area contributed by atoms with Crippen LogP contribution in [-0.4, -0.2) is 54.5 Å². The van der Waals surface area contributed by atoms with Gasteiger partial charge in [-0.1, -0.05) is 30.3 Å². The molecule has 2 heterocycles. The standard InChI is InChI=1S/C19H29N3O.2ClH/c1-16-14-21(15-18-5-3-2-4-6-18)11-12-22(16)19(23)8-7-17-9-10-20-13-17;;/h2-6,16-17,20H,7-15H2,1H3;2*1H/t16-,17?;;/m1../s1. The Kier molecular flexibility index (Phi) is 9.80. The van der Waals surface area contributed by atoms with Crippen molar-refractivity contribution < 1.29 is 4.79 Å². The summed E-state index contributed by atoms with van der Waals surface area (Å²) in [6.07, 6.45) is 2.99. The molecule has 1 N–H and O–H groups in total. The lowest BCUT2D eigenvalue weighted by Gasteiger charge is -2.40. The Balaban J connectivity index is 0.00000156. The molecule has 1 aromatic carbocycles. The van der Waals surface area contributed by atoms with Gasteiger partial charge in [0.2, 0.25) is 5.91 Å². The molecule has 3 rings (SSSR count). The van der Waals surface area contributed by atoms with Crippen molar-refractivity contribution in [3.8, 4) is 0 Å². The molecule has 2 aliphatic heterocycles. The molecule has 0 aliphatic carbocycles. The van der Waals surface area contributed by atoms with E-state index in [9.17, 15) is 4.79 Å². The van der Waals surface area contributed by atoms with Crippen LogP contribution < -0.4 is 5.32 Å². The van der Waals surface area contributed by atoms with Crippen molar-refractivity contribution >= 4 is 30.7 Å². The normalized spacial score (nSPS) is 23.6. The summed E-state index contributed by atoms with van der Waals surface area (Å²) in [5.74, 6) is 1.05. The molecule has 0 spiro atoms. The van der Waals surface area contributed by atoms with Gasteiger partial charge in [-0.05, 0) is 44.3 Å². The van der Waals surface area contributed by atoms with Gasteiger partial charge in [-0.3, -0.25) is 9.69 Å². The topological polar surface area (TPSA) is 35.6 Å². The Labute approximate surface area is 164 Å². The third-order valence-electron chi connectivity index (χ3n) is 5.21. The van der Waals surface area contributed by atoms with Crippen molar-refractivity contribution in [1.29, 1.82) is 0 Å². The van der Waals surface area contributed by atoms with Crippen LogP contribution in [0.4, 0.5) is 0 Å². The maximum absolute atomic E-state index is 12.5. The maximum Gasteiger partial charge on any atom is 0.222 e. The number of nitrogens with one attached hydrogen (secondary N) is 1. The van der Waals surface area contributed by atoms with Crippen molar-refractivity contribution in [2.24, 2.45) is 5.92 Å². The zero-order valence-corrected chi connectivity index (χ0v) is 16.7. The molecule has 6 heteroatoms. The van der Waals surface area contributed by atoms with Crippen molar-refractivity contribution in [2.45, 2.75) is 38.8 Å². The number of rotatable bonds is 5. The highest BCUT2D eigenvalue weighted by Gasteiger charge is 2.27. The fraction of sp³-hybridized carbons (Fsp3) is 0.632. The van der Waals surface area contributed by atoms with Crippen LogP contribution in [0.5, 0.6) is 0 Å². The molecule has 0 aromatic heterocycles. The van der Waals surface area contributed by atoms with E-state index in [1.165, 1.54) is 12.0 Å². The van der Waals surface area contributed by atoms with E-state index in [0.29, 0.717) is 17.9 Å². The van der Waals surface area contributed by atoms with Crippen LogP contribution in [0, 0.1) is 5.92 Å². The van der Waals surface area contributed by atoms with Crippen LogP contribution in [0.25, 0.3) is 0 Å². The highest BCUT2D eigenvalue weighted by atomic mass is 35.5. The van der Waals surface area contributed by atoms with E-state index < -0.39 is 0 Å². The predicted molar refractivity (Wildman–Crippen MR) is 108 cm³/mol. The van der Waals surface area contributed by atoms with E-state index in [2.05, 4.69) is 52.4 Å². The Hall–Kier alpha value is -0.810. The first-order valence-corrected chi connectivity index (χ1v) is 8.99. The van der Waals surface area contributed by atoms with Crippen molar-refractivity contribution in [2.75, 3.05) is 32.7 Å². The molecule has 0 saturated carbocycles. The zero-order valence-electron chi connectivity index (χ0n) is 15.0. The summed E-state index contributed by atoms with van der Waals surface area (Å²) in [5, 5.41) is 3.38. The second-order valence-corrected chi connectivity index (χ2v) is 7.05. The zero-order chi connectivity index (χ0) is 16.1. The first kappa shape index (κ1) is 22.2. The van der Waals surface area contributed by atoms with Gasteiger partial charge in [-0.25, -0.2) is 0 Å². The molecule has 2 atom stereocenters. The highest BCUT2D eigenvalue weighted by molar-refractivity contribution is 5.85. The first-order chi connectivity index (χ1) is 11.2. The van der Waals surface area contributed by atoms with Crippen LogP contribution in [0.2, 0.25) is 0 Å².